The van der Waals surface area contributed by atoms with Gasteiger partial charge in [0.25, 0.3) is 5.91 Å². The predicted octanol–water partition coefficient (Wildman–Crippen LogP) is 3.09. The summed E-state index contributed by atoms with van der Waals surface area (Å²) in [7, 11) is 3.38. The van der Waals surface area contributed by atoms with Crippen molar-refractivity contribution >= 4 is 16.8 Å². The molecule has 0 saturated carbocycles. The maximum atomic E-state index is 12.8. The lowest BCUT2D eigenvalue weighted by atomic mass is 10.2. The summed E-state index contributed by atoms with van der Waals surface area (Å²) >= 11 is 0. The van der Waals surface area contributed by atoms with E-state index in [4.69, 9.17) is 14.2 Å². The number of nitrogens with zero attached hydrogens (tertiary/aromatic N) is 1. The number of H-pyrrole nitrogens is 1. The van der Waals surface area contributed by atoms with Crippen LogP contribution in [0.3, 0.4) is 0 Å². The number of aromatic nitrogens is 1. The monoisotopic (exact) mass is 352 g/mol. The van der Waals surface area contributed by atoms with Crippen molar-refractivity contribution in [3.8, 4) is 17.2 Å². The molecule has 0 radical (unpaired) electrons. The predicted molar refractivity (Wildman–Crippen MR) is 98.2 cm³/mol. The molecule has 4 rings (SSSR count). The maximum Gasteiger partial charge on any atom is 0.270 e. The summed E-state index contributed by atoms with van der Waals surface area (Å²) in [5, 5.41) is 0.966. The molecule has 0 spiro atoms. The zero-order valence-electron chi connectivity index (χ0n) is 14.7. The van der Waals surface area contributed by atoms with Crippen LogP contribution in [0, 0.1) is 0 Å². The van der Waals surface area contributed by atoms with Crippen LogP contribution in [-0.4, -0.2) is 49.2 Å². The zero-order valence-corrected chi connectivity index (χ0v) is 14.7. The molecule has 1 aliphatic heterocycles. The van der Waals surface area contributed by atoms with Gasteiger partial charge in [-0.05, 0) is 30.3 Å². The minimum atomic E-state index is -0.205. The summed E-state index contributed by atoms with van der Waals surface area (Å²) in [6.45, 7) is 0.852. The molecule has 1 N–H and O–H groups in total. The number of nitrogens with one attached hydrogen (secondary N) is 1. The van der Waals surface area contributed by atoms with Gasteiger partial charge in [0.15, 0.2) is 17.6 Å². The van der Waals surface area contributed by atoms with E-state index >= 15 is 0 Å². The number of rotatable bonds is 4. The van der Waals surface area contributed by atoms with Crippen molar-refractivity contribution in [3.63, 3.8) is 0 Å². The average molecular weight is 352 g/mol. The van der Waals surface area contributed by atoms with Crippen molar-refractivity contribution in [3.05, 3.63) is 54.2 Å². The van der Waals surface area contributed by atoms with E-state index in [0.29, 0.717) is 24.6 Å². The zero-order chi connectivity index (χ0) is 18.1. The number of hydrogen-bond acceptors (Lipinski definition) is 4. The molecular formula is C20H20N2O4. The van der Waals surface area contributed by atoms with Crippen LogP contribution in [0.2, 0.25) is 0 Å². The molecule has 6 nitrogen and oxygen atoms in total. The van der Waals surface area contributed by atoms with Crippen molar-refractivity contribution < 1.29 is 19.0 Å². The molecule has 3 aromatic rings. The Kier molecular flexibility index (Phi) is 4.16. The Labute approximate surface area is 151 Å². The summed E-state index contributed by atoms with van der Waals surface area (Å²) in [5.74, 6) is 2.10. The Morgan fingerprint density at radius 2 is 2.04 bits per heavy atom. The summed E-state index contributed by atoms with van der Waals surface area (Å²) in [6.07, 6.45) is -0.205. The van der Waals surface area contributed by atoms with E-state index < -0.39 is 0 Å². The van der Waals surface area contributed by atoms with Crippen molar-refractivity contribution in [2.24, 2.45) is 0 Å². The highest BCUT2D eigenvalue weighted by molar-refractivity contribution is 5.98. The standard InChI is InChI=1S/C20H20N2O4/c1-22(11-15-12-25-18-5-3-4-6-19(18)26-15)20(23)17-9-13-7-8-14(24-2)10-16(13)21-17/h3-10,15,21H,11-12H2,1-2H3. The minimum Gasteiger partial charge on any atom is -0.497 e. The molecule has 2 aromatic carbocycles. The normalized spacial score (nSPS) is 15.7. The number of fused-ring (bicyclic) bond motifs is 2. The second-order valence-electron chi connectivity index (χ2n) is 6.32. The Morgan fingerprint density at radius 3 is 2.85 bits per heavy atom. The van der Waals surface area contributed by atoms with E-state index in [2.05, 4.69) is 4.98 Å². The van der Waals surface area contributed by atoms with Gasteiger partial charge >= 0.3 is 0 Å². The van der Waals surface area contributed by atoms with Gasteiger partial charge in [0, 0.05) is 24.0 Å². The first-order valence-corrected chi connectivity index (χ1v) is 8.45. The maximum absolute atomic E-state index is 12.8. The molecule has 1 aromatic heterocycles. The van der Waals surface area contributed by atoms with Crippen molar-refractivity contribution in [1.82, 2.24) is 9.88 Å². The third-order valence-electron chi connectivity index (χ3n) is 4.45. The molecule has 0 saturated heterocycles. The Bertz CT molecular complexity index is 950. The fourth-order valence-corrected chi connectivity index (χ4v) is 3.10. The van der Waals surface area contributed by atoms with Gasteiger partial charge in [-0.2, -0.15) is 0 Å². The first kappa shape index (κ1) is 16.3. The number of likely N-dealkylation sites (N-methyl/N-ethyl adjacent to an activating group) is 1. The van der Waals surface area contributed by atoms with Gasteiger partial charge in [-0.25, -0.2) is 0 Å². The highest BCUT2D eigenvalue weighted by Crippen LogP contribution is 2.31. The third-order valence-corrected chi connectivity index (χ3v) is 4.45. The van der Waals surface area contributed by atoms with Crippen LogP contribution >= 0.6 is 0 Å². The largest absolute Gasteiger partial charge is 0.497 e. The number of methoxy groups -OCH3 is 1. The molecule has 26 heavy (non-hydrogen) atoms. The van der Waals surface area contributed by atoms with Crippen molar-refractivity contribution in [1.29, 1.82) is 0 Å². The lowest BCUT2D eigenvalue weighted by molar-refractivity contribution is 0.0518. The Morgan fingerprint density at radius 1 is 1.23 bits per heavy atom. The van der Waals surface area contributed by atoms with Crippen LogP contribution in [0.1, 0.15) is 10.5 Å². The van der Waals surface area contributed by atoms with Crippen molar-refractivity contribution in [2.75, 3.05) is 27.3 Å². The summed E-state index contributed by atoms with van der Waals surface area (Å²) in [6, 6.07) is 15.1. The molecule has 0 bridgehead atoms. The molecule has 1 atom stereocenters. The number of ether oxygens (including phenoxy) is 3. The van der Waals surface area contributed by atoms with Crippen LogP contribution in [0.5, 0.6) is 17.2 Å². The Hall–Kier alpha value is -3.15. The van der Waals surface area contributed by atoms with Crippen LogP contribution in [0.25, 0.3) is 10.9 Å². The van der Waals surface area contributed by atoms with Gasteiger partial charge in [-0.1, -0.05) is 12.1 Å². The van der Waals surface area contributed by atoms with E-state index in [-0.39, 0.29) is 12.0 Å². The smallest absolute Gasteiger partial charge is 0.270 e. The number of hydrogen-bond donors (Lipinski definition) is 1. The first-order chi connectivity index (χ1) is 12.6. The Balaban J connectivity index is 1.46. The molecule has 1 aliphatic rings. The van der Waals surface area contributed by atoms with Gasteiger partial charge in [0.2, 0.25) is 0 Å². The summed E-state index contributed by atoms with van der Waals surface area (Å²) < 4.78 is 16.9. The van der Waals surface area contributed by atoms with Gasteiger partial charge in [0.1, 0.15) is 18.1 Å². The molecule has 0 fully saturated rings. The van der Waals surface area contributed by atoms with Crippen LogP contribution in [0.4, 0.5) is 0 Å². The number of para-hydroxylation sites is 2. The van der Waals surface area contributed by atoms with Gasteiger partial charge in [-0.15, -0.1) is 0 Å². The minimum absolute atomic E-state index is 0.0948. The van der Waals surface area contributed by atoms with Gasteiger partial charge in [0.05, 0.1) is 13.7 Å². The molecule has 2 heterocycles. The number of carbonyl (C=O) groups excluding carboxylic acids is 1. The van der Waals surface area contributed by atoms with E-state index in [1.807, 2.05) is 48.5 Å². The van der Waals surface area contributed by atoms with Crippen LogP contribution in [-0.2, 0) is 0 Å². The lowest BCUT2D eigenvalue weighted by Gasteiger charge is -2.29. The van der Waals surface area contributed by atoms with Crippen LogP contribution in [0.15, 0.2) is 48.5 Å². The number of amides is 1. The second-order valence-corrected chi connectivity index (χ2v) is 6.32. The average Bonchev–Trinajstić information content (AvgIpc) is 3.10. The molecule has 134 valence electrons. The van der Waals surface area contributed by atoms with Gasteiger partial charge in [-0.3, -0.25) is 4.79 Å². The molecule has 1 unspecified atom stereocenters. The summed E-state index contributed by atoms with van der Waals surface area (Å²) in [5.41, 5.74) is 1.40. The molecular weight excluding hydrogens is 332 g/mol. The number of carbonyl (C=O) groups is 1. The second kappa shape index (κ2) is 6.63. The fourth-order valence-electron chi connectivity index (χ4n) is 3.10. The quantitative estimate of drug-likeness (QED) is 0.784. The highest BCUT2D eigenvalue weighted by atomic mass is 16.6. The van der Waals surface area contributed by atoms with E-state index in [1.54, 1.807) is 19.1 Å². The van der Waals surface area contributed by atoms with Crippen LogP contribution < -0.4 is 14.2 Å². The number of aromatic amines is 1. The van der Waals surface area contributed by atoms with E-state index in [1.165, 1.54) is 0 Å². The SMILES string of the molecule is COc1ccc2cc(C(=O)N(C)CC3COc4ccccc4O3)[nH]c2c1. The first-order valence-electron chi connectivity index (χ1n) is 8.45. The topological polar surface area (TPSA) is 63.8 Å². The molecule has 1 amide bonds. The molecule has 0 aliphatic carbocycles. The number of benzene rings is 2. The lowest BCUT2D eigenvalue weighted by Crippen LogP contribution is -2.41. The van der Waals surface area contributed by atoms with Crippen molar-refractivity contribution in [2.45, 2.75) is 6.10 Å². The van der Waals surface area contributed by atoms with Gasteiger partial charge < -0.3 is 24.1 Å². The van der Waals surface area contributed by atoms with E-state index in [0.717, 1.165) is 22.4 Å². The highest BCUT2D eigenvalue weighted by Gasteiger charge is 2.24. The fraction of sp³-hybridized carbons (Fsp3) is 0.250. The summed E-state index contributed by atoms with van der Waals surface area (Å²) in [4.78, 5) is 17.6. The molecule has 6 heteroatoms. The third kappa shape index (κ3) is 3.06. The van der Waals surface area contributed by atoms with E-state index in [9.17, 15) is 4.79 Å².